The first-order chi connectivity index (χ1) is 8.95. The predicted molar refractivity (Wildman–Crippen MR) is 77.8 cm³/mol. The Balaban J connectivity index is 2.99. The summed E-state index contributed by atoms with van der Waals surface area (Å²) in [5.41, 5.74) is 2.49. The van der Waals surface area contributed by atoms with Crippen LogP contribution in [-0.2, 0) is 4.79 Å². The monoisotopic (exact) mass is 259 g/mol. The van der Waals surface area contributed by atoms with E-state index in [-0.39, 0.29) is 24.3 Å². The SMILES string of the molecule is Cc1ccc(C#CCO)c(NC(=O)C(C)C(C)C)c1. The van der Waals surface area contributed by atoms with E-state index >= 15 is 0 Å². The van der Waals surface area contributed by atoms with E-state index in [9.17, 15) is 4.79 Å². The molecule has 3 heteroatoms. The van der Waals surface area contributed by atoms with Crippen molar-refractivity contribution in [3.8, 4) is 11.8 Å². The highest BCUT2D eigenvalue weighted by Crippen LogP contribution is 2.19. The van der Waals surface area contributed by atoms with Gasteiger partial charge in [-0.3, -0.25) is 4.79 Å². The summed E-state index contributed by atoms with van der Waals surface area (Å²) >= 11 is 0. The largest absolute Gasteiger partial charge is 0.384 e. The summed E-state index contributed by atoms with van der Waals surface area (Å²) < 4.78 is 0. The fraction of sp³-hybridized carbons (Fsp3) is 0.438. The summed E-state index contributed by atoms with van der Waals surface area (Å²) in [5, 5.41) is 11.7. The molecule has 1 atom stereocenters. The van der Waals surface area contributed by atoms with Crippen LogP contribution in [0.2, 0.25) is 0 Å². The lowest BCUT2D eigenvalue weighted by Gasteiger charge is -2.16. The van der Waals surface area contributed by atoms with E-state index in [1.807, 2.05) is 45.9 Å². The lowest BCUT2D eigenvalue weighted by Crippen LogP contribution is -2.24. The standard InChI is InChI=1S/C16H21NO2/c1-11(2)13(4)16(19)17-15-10-12(3)7-8-14(15)6-5-9-18/h7-8,10-11,13,18H,9H2,1-4H3,(H,17,19). The van der Waals surface area contributed by atoms with Crippen LogP contribution in [0, 0.1) is 30.6 Å². The normalized spacial score (nSPS) is 11.7. The number of carbonyl (C=O) groups excluding carboxylic acids is 1. The predicted octanol–water partition coefficient (Wildman–Crippen LogP) is 2.57. The third-order valence-corrected chi connectivity index (χ3v) is 3.15. The number of benzene rings is 1. The molecule has 0 bridgehead atoms. The number of anilines is 1. The first-order valence-electron chi connectivity index (χ1n) is 6.47. The van der Waals surface area contributed by atoms with E-state index in [0.29, 0.717) is 5.69 Å². The molecule has 102 valence electrons. The van der Waals surface area contributed by atoms with Gasteiger partial charge in [0.2, 0.25) is 5.91 Å². The van der Waals surface area contributed by atoms with Gasteiger partial charge < -0.3 is 10.4 Å². The van der Waals surface area contributed by atoms with Gasteiger partial charge >= 0.3 is 0 Å². The fourth-order valence-electron chi connectivity index (χ4n) is 1.55. The molecule has 0 radical (unpaired) electrons. The summed E-state index contributed by atoms with van der Waals surface area (Å²) in [4.78, 5) is 12.1. The van der Waals surface area contributed by atoms with Crippen LogP contribution in [0.5, 0.6) is 0 Å². The first kappa shape index (κ1) is 15.3. The number of carbonyl (C=O) groups is 1. The second kappa shape index (κ2) is 6.96. The molecule has 0 saturated carbocycles. The summed E-state index contributed by atoms with van der Waals surface area (Å²) in [6.07, 6.45) is 0. The van der Waals surface area contributed by atoms with Gasteiger partial charge in [0.1, 0.15) is 6.61 Å². The highest BCUT2D eigenvalue weighted by molar-refractivity contribution is 5.93. The lowest BCUT2D eigenvalue weighted by atomic mass is 9.97. The lowest BCUT2D eigenvalue weighted by molar-refractivity contribution is -0.120. The number of rotatable bonds is 3. The summed E-state index contributed by atoms with van der Waals surface area (Å²) in [6, 6.07) is 5.68. The Morgan fingerprint density at radius 3 is 2.63 bits per heavy atom. The molecule has 1 aromatic rings. The second-order valence-electron chi connectivity index (χ2n) is 5.03. The molecule has 0 spiro atoms. The third kappa shape index (κ3) is 4.42. The van der Waals surface area contributed by atoms with Crippen molar-refractivity contribution in [1.29, 1.82) is 0 Å². The van der Waals surface area contributed by atoms with Gasteiger partial charge in [-0.1, -0.05) is 38.7 Å². The van der Waals surface area contributed by atoms with Gasteiger partial charge in [0.15, 0.2) is 0 Å². The van der Waals surface area contributed by atoms with Crippen molar-refractivity contribution in [2.45, 2.75) is 27.7 Å². The van der Waals surface area contributed by atoms with E-state index in [4.69, 9.17) is 5.11 Å². The maximum Gasteiger partial charge on any atom is 0.227 e. The van der Waals surface area contributed by atoms with Crippen LogP contribution in [0.4, 0.5) is 5.69 Å². The van der Waals surface area contributed by atoms with Crippen molar-refractivity contribution < 1.29 is 9.90 Å². The molecule has 19 heavy (non-hydrogen) atoms. The number of nitrogens with one attached hydrogen (secondary N) is 1. The Morgan fingerprint density at radius 1 is 1.37 bits per heavy atom. The zero-order chi connectivity index (χ0) is 14.4. The molecule has 1 rings (SSSR count). The molecule has 1 amide bonds. The molecular weight excluding hydrogens is 238 g/mol. The fourth-order valence-corrected chi connectivity index (χ4v) is 1.55. The molecule has 1 unspecified atom stereocenters. The highest BCUT2D eigenvalue weighted by atomic mass is 16.2. The Morgan fingerprint density at radius 2 is 2.05 bits per heavy atom. The zero-order valence-corrected chi connectivity index (χ0v) is 11.9. The van der Waals surface area contributed by atoms with Crippen LogP contribution < -0.4 is 5.32 Å². The van der Waals surface area contributed by atoms with Crippen LogP contribution in [0.1, 0.15) is 31.9 Å². The van der Waals surface area contributed by atoms with Gasteiger partial charge in [0, 0.05) is 11.5 Å². The van der Waals surface area contributed by atoms with Crippen LogP contribution in [0.15, 0.2) is 18.2 Å². The Labute approximate surface area is 115 Å². The van der Waals surface area contributed by atoms with E-state index < -0.39 is 0 Å². The molecule has 0 aliphatic heterocycles. The Kier molecular flexibility index (Phi) is 5.59. The molecule has 0 fully saturated rings. The van der Waals surface area contributed by atoms with Gasteiger partial charge in [-0.05, 0) is 30.5 Å². The Hall–Kier alpha value is -1.79. The maximum atomic E-state index is 12.1. The van der Waals surface area contributed by atoms with Crippen LogP contribution in [0.25, 0.3) is 0 Å². The molecule has 0 aliphatic rings. The molecule has 0 heterocycles. The van der Waals surface area contributed by atoms with Gasteiger partial charge in [0.05, 0.1) is 5.69 Å². The van der Waals surface area contributed by atoms with Crippen LogP contribution in [-0.4, -0.2) is 17.6 Å². The van der Waals surface area contributed by atoms with Gasteiger partial charge in [-0.2, -0.15) is 0 Å². The van der Waals surface area contributed by atoms with E-state index in [2.05, 4.69) is 17.2 Å². The quantitative estimate of drug-likeness (QED) is 0.820. The average Bonchev–Trinajstić information content (AvgIpc) is 2.36. The minimum Gasteiger partial charge on any atom is -0.384 e. The molecule has 3 nitrogen and oxygen atoms in total. The zero-order valence-electron chi connectivity index (χ0n) is 11.9. The molecular formula is C16H21NO2. The highest BCUT2D eigenvalue weighted by Gasteiger charge is 2.17. The summed E-state index contributed by atoms with van der Waals surface area (Å²) in [6.45, 7) is 7.73. The number of hydrogen-bond donors (Lipinski definition) is 2. The number of aliphatic hydroxyl groups excluding tert-OH is 1. The second-order valence-corrected chi connectivity index (χ2v) is 5.03. The van der Waals surface area contributed by atoms with Crippen LogP contribution >= 0.6 is 0 Å². The van der Waals surface area contributed by atoms with Crippen molar-refractivity contribution in [2.75, 3.05) is 11.9 Å². The molecule has 0 aromatic heterocycles. The molecule has 1 aromatic carbocycles. The maximum absolute atomic E-state index is 12.1. The van der Waals surface area contributed by atoms with Crippen molar-refractivity contribution in [3.63, 3.8) is 0 Å². The molecule has 0 aliphatic carbocycles. The van der Waals surface area contributed by atoms with E-state index in [1.54, 1.807) is 0 Å². The topological polar surface area (TPSA) is 49.3 Å². The average molecular weight is 259 g/mol. The molecule has 0 saturated heterocycles. The van der Waals surface area contributed by atoms with Crippen molar-refractivity contribution in [3.05, 3.63) is 29.3 Å². The van der Waals surface area contributed by atoms with Crippen molar-refractivity contribution in [1.82, 2.24) is 0 Å². The number of aliphatic hydroxyl groups is 1. The molecule has 2 N–H and O–H groups in total. The number of amides is 1. The van der Waals surface area contributed by atoms with E-state index in [0.717, 1.165) is 11.1 Å². The third-order valence-electron chi connectivity index (χ3n) is 3.15. The van der Waals surface area contributed by atoms with Gasteiger partial charge in [-0.25, -0.2) is 0 Å². The van der Waals surface area contributed by atoms with Crippen LogP contribution in [0.3, 0.4) is 0 Å². The van der Waals surface area contributed by atoms with E-state index in [1.165, 1.54) is 0 Å². The smallest absolute Gasteiger partial charge is 0.227 e. The number of aryl methyl sites for hydroxylation is 1. The van der Waals surface area contributed by atoms with Crippen molar-refractivity contribution in [2.24, 2.45) is 11.8 Å². The summed E-state index contributed by atoms with van der Waals surface area (Å²) in [5.74, 6) is 5.68. The Bertz CT molecular complexity index is 509. The number of hydrogen-bond acceptors (Lipinski definition) is 2. The van der Waals surface area contributed by atoms with Gasteiger partial charge in [-0.15, -0.1) is 0 Å². The van der Waals surface area contributed by atoms with Crippen molar-refractivity contribution >= 4 is 11.6 Å². The summed E-state index contributed by atoms with van der Waals surface area (Å²) in [7, 11) is 0. The minimum atomic E-state index is -0.191. The minimum absolute atomic E-state index is 0.00681. The first-order valence-corrected chi connectivity index (χ1v) is 6.47. The van der Waals surface area contributed by atoms with Gasteiger partial charge in [0.25, 0.3) is 0 Å².